The molecule has 1 heterocycles. The minimum absolute atomic E-state index is 0.00546. The summed E-state index contributed by atoms with van der Waals surface area (Å²) in [5.41, 5.74) is 2.73. The van der Waals surface area contributed by atoms with Gasteiger partial charge in [-0.05, 0) is 43.9 Å². The SMILES string of the molecule is C[C@@H]1[C@@H](C)N(C(=O)C2CCC2)CCN1C(=O)c1ccccc1-c1ccccc1. The van der Waals surface area contributed by atoms with Crippen LogP contribution in [0.25, 0.3) is 11.1 Å². The molecule has 2 aliphatic rings. The van der Waals surface area contributed by atoms with Gasteiger partial charge in [-0.2, -0.15) is 0 Å². The molecular weight excluding hydrogens is 348 g/mol. The highest BCUT2D eigenvalue weighted by atomic mass is 16.2. The molecule has 0 N–H and O–H groups in total. The molecule has 0 spiro atoms. The summed E-state index contributed by atoms with van der Waals surface area (Å²) in [7, 11) is 0. The molecule has 1 aliphatic heterocycles. The van der Waals surface area contributed by atoms with Crippen LogP contribution in [-0.2, 0) is 4.79 Å². The summed E-state index contributed by atoms with van der Waals surface area (Å²) in [6.07, 6.45) is 3.20. The van der Waals surface area contributed by atoms with E-state index in [1.54, 1.807) is 0 Å². The van der Waals surface area contributed by atoms with Crippen molar-refractivity contribution in [3.63, 3.8) is 0 Å². The largest absolute Gasteiger partial charge is 0.336 e. The van der Waals surface area contributed by atoms with E-state index in [-0.39, 0.29) is 29.8 Å². The highest BCUT2D eigenvalue weighted by Gasteiger charge is 2.39. The second kappa shape index (κ2) is 7.78. The van der Waals surface area contributed by atoms with Gasteiger partial charge in [0.15, 0.2) is 0 Å². The first-order valence-electron chi connectivity index (χ1n) is 10.3. The number of carbonyl (C=O) groups is 2. The van der Waals surface area contributed by atoms with E-state index < -0.39 is 0 Å². The Labute approximate surface area is 167 Å². The third-order valence-corrected chi connectivity index (χ3v) is 6.50. The average molecular weight is 376 g/mol. The standard InChI is InChI=1S/C24H28N2O2/c1-17-18(2)26(16-15-25(17)23(27)20-11-8-12-20)24(28)22-14-7-6-13-21(22)19-9-4-3-5-10-19/h3-7,9-10,13-14,17-18,20H,8,11-12,15-16H2,1-2H3/t17-,18-/m1/s1. The zero-order chi connectivity index (χ0) is 19.7. The number of piperazine rings is 1. The number of nitrogens with zero attached hydrogens (tertiary/aromatic N) is 2. The molecule has 0 radical (unpaired) electrons. The second-order valence-corrected chi connectivity index (χ2v) is 8.05. The first-order valence-corrected chi connectivity index (χ1v) is 10.3. The van der Waals surface area contributed by atoms with Crippen molar-refractivity contribution in [3.05, 3.63) is 60.2 Å². The summed E-state index contributed by atoms with van der Waals surface area (Å²) in [5.74, 6) is 0.535. The number of hydrogen-bond acceptors (Lipinski definition) is 2. The maximum absolute atomic E-state index is 13.5. The highest BCUT2D eigenvalue weighted by molar-refractivity contribution is 6.01. The van der Waals surface area contributed by atoms with Gasteiger partial charge in [0, 0.05) is 36.7 Å². The smallest absolute Gasteiger partial charge is 0.254 e. The number of hydrogen-bond donors (Lipinski definition) is 0. The van der Waals surface area contributed by atoms with Crippen LogP contribution < -0.4 is 0 Å². The van der Waals surface area contributed by atoms with Crippen LogP contribution in [0.4, 0.5) is 0 Å². The van der Waals surface area contributed by atoms with Gasteiger partial charge < -0.3 is 9.80 Å². The van der Waals surface area contributed by atoms with Crippen LogP contribution in [0.1, 0.15) is 43.5 Å². The Hall–Kier alpha value is -2.62. The predicted octanol–water partition coefficient (Wildman–Crippen LogP) is 4.22. The molecule has 2 aromatic carbocycles. The Bertz CT molecular complexity index is 860. The molecule has 2 amide bonds. The second-order valence-electron chi connectivity index (χ2n) is 8.05. The fourth-order valence-electron chi connectivity index (χ4n) is 4.32. The van der Waals surface area contributed by atoms with Crippen molar-refractivity contribution in [2.45, 2.75) is 45.2 Å². The lowest BCUT2D eigenvalue weighted by atomic mass is 9.83. The summed E-state index contributed by atoms with van der Waals surface area (Å²) in [4.78, 5) is 30.1. The fourth-order valence-corrected chi connectivity index (χ4v) is 4.32. The van der Waals surface area contributed by atoms with E-state index in [2.05, 4.69) is 13.8 Å². The summed E-state index contributed by atoms with van der Waals surface area (Å²) >= 11 is 0. The van der Waals surface area contributed by atoms with Gasteiger partial charge in [-0.15, -0.1) is 0 Å². The quantitative estimate of drug-likeness (QED) is 0.805. The van der Waals surface area contributed by atoms with Crippen molar-refractivity contribution >= 4 is 11.8 Å². The predicted molar refractivity (Wildman–Crippen MR) is 111 cm³/mol. The fraction of sp³-hybridized carbons (Fsp3) is 0.417. The summed E-state index contributed by atoms with van der Waals surface area (Å²) < 4.78 is 0. The van der Waals surface area contributed by atoms with Gasteiger partial charge in [-0.25, -0.2) is 0 Å². The van der Waals surface area contributed by atoms with Crippen LogP contribution in [0.5, 0.6) is 0 Å². The lowest BCUT2D eigenvalue weighted by Crippen LogP contribution is -2.61. The van der Waals surface area contributed by atoms with E-state index in [0.29, 0.717) is 13.1 Å². The van der Waals surface area contributed by atoms with Gasteiger partial charge in [0.25, 0.3) is 5.91 Å². The number of carbonyl (C=O) groups excluding carboxylic acids is 2. The summed E-state index contributed by atoms with van der Waals surface area (Å²) in [6, 6.07) is 17.9. The van der Waals surface area contributed by atoms with Gasteiger partial charge in [-0.1, -0.05) is 55.0 Å². The zero-order valence-corrected chi connectivity index (χ0v) is 16.7. The molecule has 1 aliphatic carbocycles. The van der Waals surface area contributed by atoms with Crippen molar-refractivity contribution in [1.29, 1.82) is 0 Å². The van der Waals surface area contributed by atoms with Gasteiger partial charge in [0.05, 0.1) is 0 Å². The molecule has 0 unspecified atom stereocenters. The van der Waals surface area contributed by atoms with Crippen molar-refractivity contribution in [2.75, 3.05) is 13.1 Å². The average Bonchev–Trinajstić information content (AvgIpc) is 2.69. The molecule has 2 atom stereocenters. The van der Waals surface area contributed by atoms with Gasteiger partial charge in [0.1, 0.15) is 0 Å². The molecular formula is C24H28N2O2. The minimum atomic E-state index is -0.00546. The molecule has 0 bridgehead atoms. The number of rotatable bonds is 3. The first kappa shape index (κ1) is 18.7. The minimum Gasteiger partial charge on any atom is -0.336 e. The van der Waals surface area contributed by atoms with Crippen LogP contribution in [0.3, 0.4) is 0 Å². The van der Waals surface area contributed by atoms with E-state index in [1.807, 2.05) is 64.4 Å². The lowest BCUT2D eigenvalue weighted by molar-refractivity contribution is -0.143. The third-order valence-electron chi connectivity index (χ3n) is 6.50. The van der Waals surface area contributed by atoms with Crippen molar-refractivity contribution < 1.29 is 9.59 Å². The van der Waals surface area contributed by atoms with Crippen LogP contribution in [0.2, 0.25) is 0 Å². The summed E-state index contributed by atoms with van der Waals surface area (Å²) in [5, 5.41) is 0. The maximum atomic E-state index is 13.5. The van der Waals surface area contributed by atoms with E-state index in [0.717, 1.165) is 36.0 Å². The highest BCUT2D eigenvalue weighted by Crippen LogP contribution is 2.31. The molecule has 0 aromatic heterocycles. The Morgan fingerprint density at radius 1 is 0.821 bits per heavy atom. The van der Waals surface area contributed by atoms with Crippen LogP contribution >= 0.6 is 0 Å². The molecule has 28 heavy (non-hydrogen) atoms. The maximum Gasteiger partial charge on any atom is 0.254 e. The van der Waals surface area contributed by atoms with Crippen molar-refractivity contribution in [3.8, 4) is 11.1 Å². The van der Waals surface area contributed by atoms with Gasteiger partial charge in [0.2, 0.25) is 5.91 Å². The van der Waals surface area contributed by atoms with Crippen molar-refractivity contribution in [2.24, 2.45) is 5.92 Å². The summed E-state index contributed by atoms with van der Waals surface area (Å²) in [6.45, 7) is 5.35. The Kier molecular flexibility index (Phi) is 5.21. The molecule has 4 nitrogen and oxygen atoms in total. The van der Waals surface area contributed by atoms with E-state index in [9.17, 15) is 9.59 Å². The first-order chi connectivity index (χ1) is 13.6. The molecule has 146 valence electrons. The number of amides is 2. The molecule has 1 saturated heterocycles. The van der Waals surface area contributed by atoms with E-state index >= 15 is 0 Å². The van der Waals surface area contributed by atoms with Gasteiger partial charge >= 0.3 is 0 Å². The molecule has 2 fully saturated rings. The van der Waals surface area contributed by atoms with Crippen LogP contribution in [-0.4, -0.2) is 46.8 Å². The van der Waals surface area contributed by atoms with E-state index in [4.69, 9.17) is 0 Å². The third kappa shape index (κ3) is 3.32. The Morgan fingerprint density at radius 3 is 2.11 bits per heavy atom. The molecule has 4 rings (SSSR count). The van der Waals surface area contributed by atoms with Gasteiger partial charge in [-0.3, -0.25) is 9.59 Å². The topological polar surface area (TPSA) is 40.6 Å². The van der Waals surface area contributed by atoms with E-state index in [1.165, 1.54) is 0 Å². The Balaban J connectivity index is 1.56. The monoisotopic (exact) mass is 376 g/mol. The Morgan fingerprint density at radius 2 is 1.43 bits per heavy atom. The zero-order valence-electron chi connectivity index (χ0n) is 16.7. The normalized spacial score (nSPS) is 22.6. The molecule has 2 aromatic rings. The van der Waals surface area contributed by atoms with Crippen LogP contribution in [0.15, 0.2) is 54.6 Å². The van der Waals surface area contributed by atoms with Crippen LogP contribution in [0, 0.1) is 5.92 Å². The molecule has 1 saturated carbocycles. The van der Waals surface area contributed by atoms with Crippen molar-refractivity contribution in [1.82, 2.24) is 9.80 Å². The number of benzene rings is 2. The lowest BCUT2D eigenvalue weighted by Gasteiger charge is -2.47. The molecule has 4 heteroatoms.